The number of benzene rings is 2. The van der Waals surface area contributed by atoms with E-state index in [-0.39, 0.29) is 23.6 Å². The van der Waals surface area contributed by atoms with Crippen molar-refractivity contribution in [3.8, 4) is 0 Å². The summed E-state index contributed by atoms with van der Waals surface area (Å²) in [5, 5.41) is 2.61. The van der Waals surface area contributed by atoms with Gasteiger partial charge in [0.15, 0.2) is 0 Å². The molecule has 0 fully saturated rings. The maximum atomic E-state index is 12.7. The summed E-state index contributed by atoms with van der Waals surface area (Å²) in [4.78, 5) is 22.9. The summed E-state index contributed by atoms with van der Waals surface area (Å²) < 4.78 is 31.0. The molecule has 0 saturated heterocycles. The molecule has 0 radical (unpaired) electrons. The lowest BCUT2D eigenvalue weighted by molar-refractivity contribution is -0.141. The summed E-state index contributed by atoms with van der Waals surface area (Å²) in [6.07, 6.45) is -0.0276. The Balaban J connectivity index is 2.06. The molecule has 26 heavy (non-hydrogen) atoms. The minimum absolute atomic E-state index is 0.0104. The highest BCUT2D eigenvalue weighted by atomic mass is 32.2. The van der Waals surface area contributed by atoms with Crippen LogP contribution in [0.15, 0.2) is 59.5 Å². The fourth-order valence-electron chi connectivity index (χ4n) is 2.19. The van der Waals surface area contributed by atoms with E-state index in [1.54, 1.807) is 24.3 Å². The Morgan fingerprint density at radius 1 is 1.00 bits per heavy atom. The zero-order valence-corrected chi connectivity index (χ0v) is 15.3. The maximum Gasteiger partial charge on any atom is 0.306 e. The molecule has 0 bridgehead atoms. The van der Waals surface area contributed by atoms with Crippen LogP contribution in [-0.4, -0.2) is 34.5 Å². The van der Waals surface area contributed by atoms with Gasteiger partial charge in [0, 0.05) is 19.2 Å². The van der Waals surface area contributed by atoms with Crippen LogP contribution in [-0.2, 0) is 24.3 Å². The molecule has 0 aromatic heterocycles. The zero-order chi connectivity index (χ0) is 19.2. The third kappa shape index (κ3) is 4.82. The lowest BCUT2D eigenvalue weighted by Crippen LogP contribution is -2.26. The summed E-state index contributed by atoms with van der Waals surface area (Å²) in [6.45, 7) is 0. The van der Waals surface area contributed by atoms with E-state index in [9.17, 15) is 18.0 Å². The fourth-order valence-corrected chi connectivity index (χ4v) is 3.38. The molecule has 2 rings (SSSR count). The quantitative estimate of drug-likeness (QED) is 0.749. The van der Waals surface area contributed by atoms with E-state index >= 15 is 0 Å². The smallest absolute Gasteiger partial charge is 0.306 e. The molecule has 0 heterocycles. The van der Waals surface area contributed by atoms with Gasteiger partial charge in [-0.05, 0) is 36.4 Å². The first-order valence-corrected chi connectivity index (χ1v) is 9.29. The zero-order valence-electron chi connectivity index (χ0n) is 14.5. The molecule has 0 aliphatic rings. The van der Waals surface area contributed by atoms with Crippen LogP contribution in [0.3, 0.4) is 0 Å². The molecule has 8 heteroatoms. The first-order chi connectivity index (χ1) is 12.3. The van der Waals surface area contributed by atoms with Crippen LogP contribution >= 0.6 is 0 Å². The predicted octanol–water partition coefficient (Wildman–Crippen LogP) is 2.40. The van der Waals surface area contributed by atoms with Crippen LogP contribution in [0.4, 0.5) is 11.4 Å². The van der Waals surface area contributed by atoms with Gasteiger partial charge >= 0.3 is 5.97 Å². The number of rotatable bonds is 7. The number of carbonyl (C=O) groups excluding carboxylic acids is 2. The van der Waals surface area contributed by atoms with Crippen molar-refractivity contribution in [1.29, 1.82) is 0 Å². The number of para-hydroxylation sites is 1. The van der Waals surface area contributed by atoms with Gasteiger partial charge in [-0.15, -0.1) is 0 Å². The standard InChI is InChI=1S/C18H20N2O5S/c1-20(15-6-4-3-5-7-15)26(23,24)16-10-8-14(9-11-16)19-17(21)12-13-18(22)25-2/h3-11H,12-13H2,1-2H3,(H,19,21). The van der Waals surface area contributed by atoms with Gasteiger partial charge in [0.05, 0.1) is 24.1 Å². The van der Waals surface area contributed by atoms with E-state index < -0.39 is 16.0 Å². The van der Waals surface area contributed by atoms with Gasteiger partial charge in [-0.25, -0.2) is 8.42 Å². The van der Waals surface area contributed by atoms with Crippen molar-refractivity contribution in [3.63, 3.8) is 0 Å². The maximum absolute atomic E-state index is 12.7. The van der Waals surface area contributed by atoms with Gasteiger partial charge in [-0.3, -0.25) is 13.9 Å². The van der Waals surface area contributed by atoms with E-state index in [0.29, 0.717) is 11.4 Å². The largest absolute Gasteiger partial charge is 0.469 e. The van der Waals surface area contributed by atoms with Crippen molar-refractivity contribution in [2.24, 2.45) is 0 Å². The van der Waals surface area contributed by atoms with Crippen LogP contribution < -0.4 is 9.62 Å². The Hall–Kier alpha value is -2.87. The monoisotopic (exact) mass is 376 g/mol. The number of nitrogens with zero attached hydrogens (tertiary/aromatic N) is 1. The van der Waals surface area contributed by atoms with Gasteiger partial charge in [0.2, 0.25) is 5.91 Å². The second-order valence-electron chi connectivity index (χ2n) is 5.46. The van der Waals surface area contributed by atoms with E-state index in [0.717, 1.165) is 0 Å². The molecule has 0 aliphatic carbocycles. The molecule has 138 valence electrons. The molecule has 0 aliphatic heterocycles. The van der Waals surface area contributed by atoms with Crippen molar-refractivity contribution in [2.45, 2.75) is 17.7 Å². The van der Waals surface area contributed by atoms with Gasteiger partial charge < -0.3 is 10.1 Å². The molecule has 0 spiro atoms. The first kappa shape index (κ1) is 19.5. The predicted molar refractivity (Wildman–Crippen MR) is 98.4 cm³/mol. The summed E-state index contributed by atoms with van der Waals surface area (Å²) in [7, 11) is -0.968. The van der Waals surface area contributed by atoms with E-state index in [1.807, 2.05) is 6.07 Å². The molecular weight excluding hydrogens is 356 g/mol. The van der Waals surface area contributed by atoms with Gasteiger partial charge in [0.1, 0.15) is 0 Å². The number of methoxy groups -OCH3 is 1. The van der Waals surface area contributed by atoms with Crippen LogP contribution in [0.1, 0.15) is 12.8 Å². The molecule has 1 N–H and O–H groups in total. The van der Waals surface area contributed by atoms with Gasteiger partial charge in [-0.2, -0.15) is 0 Å². The Labute approximate surface area is 152 Å². The number of hydrogen-bond donors (Lipinski definition) is 1. The molecular formula is C18H20N2O5S. The molecule has 0 unspecified atom stereocenters. The average molecular weight is 376 g/mol. The Kier molecular flexibility index (Phi) is 6.35. The number of anilines is 2. The number of esters is 1. The van der Waals surface area contributed by atoms with E-state index in [4.69, 9.17) is 0 Å². The summed E-state index contributed by atoms with van der Waals surface area (Å²) >= 11 is 0. The number of hydrogen-bond acceptors (Lipinski definition) is 5. The molecule has 0 atom stereocenters. The van der Waals surface area contributed by atoms with Gasteiger partial charge in [-0.1, -0.05) is 18.2 Å². The third-order valence-corrected chi connectivity index (χ3v) is 5.50. The van der Waals surface area contributed by atoms with Gasteiger partial charge in [0.25, 0.3) is 10.0 Å². The van der Waals surface area contributed by atoms with Crippen LogP contribution in [0.2, 0.25) is 0 Å². The lowest BCUT2D eigenvalue weighted by Gasteiger charge is -2.19. The Bertz CT molecular complexity index is 864. The summed E-state index contributed by atoms with van der Waals surface area (Å²) in [5.74, 6) is -0.821. The van der Waals surface area contributed by atoms with Crippen molar-refractivity contribution < 1.29 is 22.7 Å². The number of carbonyl (C=O) groups is 2. The highest BCUT2D eigenvalue weighted by Crippen LogP contribution is 2.22. The first-order valence-electron chi connectivity index (χ1n) is 7.85. The third-order valence-electron chi connectivity index (χ3n) is 3.70. The minimum atomic E-state index is -3.70. The number of nitrogens with one attached hydrogen (secondary N) is 1. The average Bonchev–Trinajstić information content (AvgIpc) is 2.66. The highest BCUT2D eigenvalue weighted by Gasteiger charge is 2.21. The molecule has 1 amide bonds. The van der Waals surface area contributed by atoms with Crippen molar-refractivity contribution in [1.82, 2.24) is 0 Å². The molecule has 0 saturated carbocycles. The minimum Gasteiger partial charge on any atom is -0.469 e. The molecule has 2 aromatic rings. The second-order valence-corrected chi connectivity index (χ2v) is 7.43. The lowest BCUT2D eigenvalue weighted by atomic mass is 10.2. The Morgan fingerprint density at radius 2 is 1.62 bits per heavy atom. The van der Waals surface area contributed by atoms with Crippen molar-refractivity contribution in [3.05, 3.63) is 54.6 Å². The SMILES string of the molecule is COC(=O)CCC(=O)Nc1ccc(S(=O)(=O)N(C)c2ccccc2)cc1. The highest BCUT2D eigenvalue weighted by molar-refractivity contribution is 7.92. The van der Waals surface area contributed by atoms with Crippen molar-refractivity contribution >= 4 is 33.3 Å². The molecule has 2 aromatic carbocycles. The topological polar surface area (TPSA) is 92.8 Å². The van der Waals surface area contributed by atoms with E-state index in [1.165, 1.54) is 42.7 Å². The molecule has 7 nitrogen and oxygen atoms in total. The fraction of sp³-hybridized carbons (Fsp3) is 0.222. The summed E-state index contributed by atoms with van der Waals surface area (Å²) in [5.41, 5.74) is 0.994. The number of amides is 1. The van der Waals surface area contributed by atoms with E-state index in [2.05, 4.69) is 10.1 Å². The van der Waals surface area contributed by atoms with Crippen LogP contribution in [0.25, 0.3) is 0 Å². The normalized spacial score (nSPS) is 10.8. The van der Waals surface area contributed by atoms with Crippen LogP contribution in [0.5, 0.6) is 0 Å². The van der Waals surface area contributed by atoms with Crippen molar-refractivity contribution in [2.75, 3.05) is 23.8 Å². The number of ether oxygens (including phenoxy) is 1. The van der Waals surface area contributed by atoms with Crippen LogP contribution in [0, 0.1) is 0 Å². The second kappa shape index (κ2) is 8.48. The summed E-state index contributed by atoms with van der Waals surface area (Å²) in [6, 6.07) is 14.6. The number of sulfonamides is 1. The Morgan fingerprint density at radius 3 is 2.19 bits per heavy atom.